The van der Waals surface area contributed by atoms with Crippen molar-refractivity contribution in [1.29, 1.82) is 0 Å². The van der Waals surface area contributed by atoms with Gasteiger partial charge in [-0.05, 0) is 23.3 Å². The van der Waals surface area contributed by atoms with Crippen LogP contribution >= 0.6 is 0 Å². The van der Waals surface area contributed by atoms with Crippen LogP contribution in [0.15, 0.2) is 97.1 Å². The fourth-order valence-corrected chi connectivity index (χ4v) is 3.21. The Morgan fingerprint density at radius 1 is 0.769 bits per heavy atom. The fourth-order valence-electron chi connectivity index (χ4n) is 3.21. The molecule has 0 aliphatic carbocycles. The number of carbonyl (C=O) groups is 1. The standard InChI is InChI=1S/C24H19NO/c26-24-22(16-9-14-19-10-3-1-4-11-19)21-15-7-8-17-23(21)25(24)18-20-12-5-2-6-13-20/h1-17H,18H2/b14-9+,22-16-. The molecule has 0 unspecified atom stereocenters. The van der Waals surface area contributed by atoms with Gasteiger partial charge in [-0.15, -0.1) is 0 Å². The molecule has 1 heterocycles. The van der Waals surface area contributed by atoms with Crippen molar-refractivity contribution in [2.24, 2.45) is 0 Å². The van der Waals surface area contributed by atoms with Crippen molar-refractivity contribution in [3.63, 3.8) is 0 Å². The number of fused-ring (bicyclic) bond motifs is 1. The Bertz CT molecular complexity index is 971. The van der Waals surface area contributed by atoms with Gasteiger partial charge in [0.2, 0.25) is 0 Å². The lowest BCUT2D eigenvalue weighted by molar-refractivity contribution is -0.113. The quantitative estimate of drug-likeness (QED) is 0.589. The number of hydrogen-bond donors (Lipinski definition) is 0. The Labute approximate surface area is 153 Å². The molecule has 0 radical (unpaired) electrons. The molecule has 0 spiro atoms. The third kappa shape index (κ3) is 3.22. The first kappa shape index (κ1) is 16.1. The lowest BCUT2D eigenvalue weighted by atomic mass is 10.1. The highest BCUT2D eigenvalue weighted by Gasteiger charge is 2.31. The molecule has 0 atom stereocenters. The van der Waals surface area contributed by atoms with Crippen LogP contribution < -0.4 is 4.90 Å². The van der Waals surface area contributed by atoms with Crippen molar-refractivity contribution in [2.45, 2.75) is 6.54 Å². The summed E-state index contributed by atoms with van der Waals surface area (Å²) in [7, 11) is 0. The minimum atomic E-state index is 0.0489. The maximum absolute atomic E-state index is 13.0. The van der Waals surface area contributed by atoms with Crippen LogP contribution in [0.4, 0.5) is 5.69 Å². The van der Waals surface area contributed by atoms with Gasteiger partial charge in [-0.3, -0.25) is 4.79 Å². The van der Waals surface area contributed by atoms with Crippen molar-refractivity contribution in [3.05, 3.63) is 114 Å². The van der Waals surface area contributed by atoms with E-state index in [1.165, 1.54) is 0 Å². The van der Waals surface area contributed by atoms with E-state index < -0.39 is 0 Å². The normalized spacial score (nSPS) is 15.0. The van der Waals surface area contributed by atoms with Crippen molar-refractivity contribution in [1.82, 2.24) is 0 Å². The van der Waals surface area contributed by atoms with Gasteiger partial charge in [-0.1, -0.05) is 91.0 Å². The summed E-state index contributed by atoms with van der Waals surface area (Å²) >= 11 is 0. The second kappa shape index (κ2) is 7.24. The largest absolute Gasteiger partial charge is 0.303 e. The van der Waals surface area contributed by atoms with E-state index in [9.17, 15) is 4.79 Å². The maximum Gasteiger partial charge on any atom is 0.259 e. The van der Waals surface area contributed by atoms with E-state index in [2.05, 4.69) is 0 Å². The highest BCUT2D eigenvalue weighted by atomic mass is 16.2. The van der Waals surface area contributed by atoms with E-state index in [4.69, 9.17) is 0 Å². The Morgan fingerprint density at radius 3 is 2.19 bits per heavy atom. The molecule has 2 heteroatoms. The molecule has 3 aromatic rings. The zero-order chi connectivity index (χ0) is 17.8. The van der Waals surface area contributed by atoms with E-state index in [0.717, 1.165) is 28.0 Å². The summed E-state index contributed by atoms with van der Waals surface area (Å²) in [5.74, 6) is 0.0489. The average molecular weight is 337 g/mol. The number of anilines is 1. The highest BCUT2D eigenvalue weighted by Crippen LogP contribution is 2.37. The molecular formula is C24H19NO. The molecule has 0 N–H and O–H groups in total. The first-order chi connectivity index (χ1) is 12.8. The van der Waals surface area contributed by atoms with Gasteiger partial charge >= 0.3 is 0 Å². The van der Waals surface area contributed by atoms with Crippen LogP contribution in [0, 0.1) is 0 Å². The van der Waals surface area contributed by atoms with E-state index in [0.29, 0.717) is 6.54 Å². The zero-order valence-corrected chi connectivity index (χ0v) is 14.4. The summed E-state index contributed by atoms with van der Waals surface area (Å²) < 4.78 is 0. The predicted molar refractivity (Wildman–Crippen MR) is 108 cm³/mol. The van der Waals surface area contributed by atoms with Gasteiger partial charge < -0.3 is 4.90 Å². The molecule has 0 fully saturated rings. The smallest absolute Gasteiger partial charge is 0.259 e. The molecule has 26 heavy (non-hydrogen) atoms. The van der Waals surface area contributed by atoms with Crippen molar-refractivity contribution in [3.8, 4) is 0 Å². The number of nitrogens with zero attached hydrogens (tertiary/aromatic N) is 1. The molecule has 3 aromatic carbocycles. The number of allylic oxidation sites excluding steroid dienone is 2. The Balaban J connectivity index is 1.65. The Kier molecular flexibility index (Phi) is 4.48. The molecule has 0 saturated carbocycles. The van der Waals surface area contributed by atoms with Crippen LogP contribution in [0.5, 0.6) is 0 Å². The van der Waals surface area contributed by atoms with Crippen LogP contribution in [-0.2, 0) is 11.3 Å². The first-order valence-electron chi connectivity index (χ1n) is 8.71. The van der Waals surface area contributed by atoms with Crippen LogP contribution in [0.25, 0.3) is 11.6 Å². The summed E-state index contributed by atoms with van der Waals surface area (Å²) in [6.07, 6.45) is 5.88. The number of hydrogen-bond acceptors (Lipinski definition) is 1. The van der Waals surface area contributed by atoms with Gasteiger partial charge in [0.05, 0.1) is 12.2 Å². The maximum atomic E-state index is 13.0. The van der Waals surface area contributed by atoms with Crippen molar-refractivity contribution in [2.75, 3.05) is 4.90 Å². The van der Waals surface area contributed by atoms with E-state index in [1.807, 2.05) is 108 Å². The summed E-state index contributed by atoms with van der Waals surface area (Å²) in [6, 6.07) is 28.2. The second-order valence-corrected chi connectivity index (χ2v) is 6.24. The van der Waals surface area contributed by atoms with Gasteiger partial charge in [-0.2, -0.15) is 0 Å². The SMILES string of the molecule is O=C1/C(=C\C=C\c2ccccc2)c2ccccc2N1Cc1ccccc1. The molecule has 0 aromatic heterocycles. The number of amides is 1. The van der Waals surface area contributed by atoms with Gasteiger partial charge in [0, 0.05) is 11.1 Å². The van der Waals surface area contributed by atoms with Gasteiger partial charge in [0.1, 0.15) is 0 Å². The summed E-state index contributed by atoms with van der Waals surface area (Å²) in [5.41, 5.74) is 4.94. The molecule has 0 saturated heterocycles. The minimum absolute atomic E-state index is 0.0489. The predicted octanol–water partition coefficient (Wildman–Crippen LogP) is 5.33. The topological polar surface area (TPSA) is 20.3 Å². The third-order valence-electron chi connectivity index (χ3n) is 4.50. The monoisotopic (exact) mass is 337 g/mol. The fraction of sp³-hybridized carbons (Fsp3) is 0.0417. The molecule has 2 nitrogen and oxygen atoms in total. The van der Waals surface area contributed by atoms with Crippen LogP contribution in [0.3, 0.4) is 0 Å². The number of para-hydroxylation sites is 1. The summed E-state index contributed by atoms with van der Waals surface area (Å²) in [6.45, 7) is 0.580. The lowest BCUT2D eigenvalue weighted by Gasteiger charge is -2.17. The molecular weight excluding hydrogens is 318 g/mol. The third-order valence-corrected chi connectivity index (χ3v) is 4.50. The molecule has 4 rings (SSSR count). The van der Waals surface area contributed by atoms with Crippen LogP contribution in [0.1, 0.15) is 16.7 Å². The number of benzene rings is 3. The molecule has 126 valence electrons. The molecule has 1 amide bonds. The van der Waals surface area contributed by atoms with Gasteiger partial charge in [0.25, 0.3) is 5.91 Å². The van der Waals surface area contributed by atoms with E-state index in [-0.39, 0.29) is 5.91 Å². The minimum Gasteiger partial charge on any atom is -0.303 e. The average Bonchev–Trinajstić information content (AvgIpc) is 2.96. The summed E-state index contributed by atoms with van der Waals surface area (Å²) in [4.78, 5) is 14.9. The van der Waals surface area contributed by atoms with Crippen molar-refractivity contribution < 1.29 is 4.79 Å². The van der Waals surface area contributed by atoms with E-state index in [1.54, 1.807) is 0 Å². The van der Waals surface area contributed by atoms with Crippen LogP contribution in [-0.4, -0.2) is 5.91 Å². The molecule has 1 aliphatic rings. The number of rotatable bonds is 4. The lowest BCUT2D eigenvalue weighted by Crippen LogP contribution is -2.25. The Morgan fingerprint density at radius 2 is 1.42 bits per heavy atom. The van der Waals surface area contributed by atoms with E-state index >= 15 is 0 Å². The summed E-state index contributed by atoms with van der Waals surface area (Å²) in [5, 5.41) is 0. The second-order valence-electron chi connectivity index (χ2n) is 6.24. The molecule has 0 bridgehead atoms. The first-order valence-corrected chi connectivity index (χ1v) is 8.71. The zero-order valence-electron chi connectivity index (χ0n) is 14.4. The van der Waals surface area contributed by atoms with Crippen molar-refractivity contribution >= 4 is 23.2 Å². The Hall–Kier alpha value is -3.39. The van der Waals surface area contributed by atoms with Crippen LogP contribution in [0.2, 0.25) is 0 Å². The van der Waals surface area contributed by atoms with Gasteiger partial charge in [-0.25, -0.2) is 0 Å². The highest BCUT2D eigenvalue weighted by molar-refractivity contribution is 6.32. The molecule has 1 aliphatic heterocycles. The van der Waals surface area contributed by atoms with Gasteiger partial charge in [0.15, 0.2) is 0 Å². The number of carbonyl (C=O) groups excluding carboxylic acids is 1.